The minimum Gasteiger partial charge on any atom is -0.383 e. The summed E-state index contributed by atoms with van der Waals surface area (Å²) in [5.74, 6) is -0.563. The number of alkyl halides is 3. The smallest absolute Gasteiger partial charge is 0.383 e. The number of nitrogens with zero attached hydrogens (tertiary/aromatic N) is 5. The SMILES string of the molecule is CC(NC(=O)N1CCC2(CCn3nc(-c4cnc(N)c(C(F)(F)F)c4)cc32)C1)c1ccon1. The number of amides is 2. The molecule has 5 heterocycles. The van der Waals surface area contributed by atoms with Gasteiger partial charge in [-0.2, -0.15) is 18.3 Å². The van der Waals surface area contributed by atoms with Crippen LogP contribution in [0.4, 0.5) is 23.8 Å². The molecule has 3 N–H and O–H groups in total. The van der Waals surface area contributed by atoms with Gasteiger partial charge >= 0.3 is 12.2 Å². The maximum atomic E-state index is 13.2. The number of likely N-dealkylation sites (tertiary alicyclic amines) is 1. The first-order chi connectivity index (χ1) is 15.7. The van der Waals surface area contributed by atoms with Gasteiger partial charge < -0.3 is 20.5 Å². The molecule has 2 aliphatic rings. The van der Waals surface area contributed by atoms with Crippen LogP contribution in [0.2, 0.25) is 0 Å². The third-order valence-corrected chi connectivity index (χ3v) is 6.53. The molecule has 0 aromatic carbocycles. The summed E-state index contributed by atoms with van der Waals surface area (Å²) in [6.45, 7) is 3.53. The van der Waals surface area contributed by atoms with Crippen molar-refractivity contribution in [2.45, 2.75) is 43.9 Å². The number of aryl methyl sites for hydroxylation is 1. The number of nitrogens with one attached hydrogen (secondary N) is 1. The van der Waals surface area contributed by atoms with Crippen LogP contribution in [-0.4, -0.2) is 43.9 Å². The van der Waals surface area contributed by atoms with Crippen LogP contribution in [0, 0.1) is 0 Å². The number of fused-ring (bicyclic) bond motifs is 2. The largest absolute Gasteiger partial charge is 0.419 e. The first-order valence-electron chi connectivity index (χ1n) is 10.5. The quantitative estimate of drug-likeness (QED) is 0.618. The summed E-state index contributed by atoms with van der Waals surface area (Å²) >= 11 is 0. The summed E-state index contributed by atoms with van der Waals surface area (Å²) in [5.41, 5.74) is 6.37. The van der Waals surface area contributed by atoms with Crippen molar-refractivity contribution in [3.8, 4) is 11.3 Å². The third kappa shape index (κ3) is 3.68. The number of pyridine rings is 1. The maximum Gasteiger partial charge on any atom is 0.419 e. The van der Waals surface area contributed by atoms with E-state index in [0.717, 1.165) is 24.6 Å². The number of carbonyl (C=O) groups is 1. The molecule has 3 aromatic heterocycles. The van der Waals surface area contributed by atoms with Crippen molar-refractivity contribution in [1.82, 2.24) is 30.1 Å². The number of aromatic nitrogens is 4. The zero-order valence-corrected chi connectivity index (χ0v) is 17.8. The zero-order chi connectivity index (χ0) is 23.4. The van der Waals surface area contributed by atoms with Gasteiger partial charge in [-0.15, -0.1) is 0 Å². The van der Waals surface area contributed by atoms with E-state index in [-0.39, 0.29) is 23.1 Å². The lowest BCUT2D eigenvalue weighted by molar-refractivity contribution is -0.137. The highest BCUT2D eigenvalue weighted by atomic mass is 19.4. The Bertz CT molecular complexity index is 1190. The Morgan fingerprint density at radius 3 is 2.82 bits per heavy atom. The van der Waals surface area contributed by atoms with Gasteiger partial charge in [-0.05, 0) is 31.9 Å². The van der Waals surface area contributed by atoms with E-state index >= 15 is 0 Å². The van der Waals surface area contributed by atoms with Crippen molar-refractivity contribution in [2.24, 2.45) is 0 Å². The van der Waals surface area contributed by atoms with E-state index in [2.05, 4.69) is 20.6 Å². The predicted octanol–water partition coefficient (Wildman–Crippen LogP) is 3.35. The highest BCUT2D eigenvalue weighted by molar-refractivity contribution is 5.75. The first kappa shape index (κ1) is 21.3. The van der Waals surface area contributed by atoms with Gasteiger partial charge in [0.15, 0.2) is 0 Å². The van der Waals surface area contributed by atoms with Gasteiger partial charge in [0.1, 0.15) is 17.8 Å². The second kappa shape index (κ2) is 7.49. The lowest BCUT2D eigenvalue weighted by Gasteiger charge is -2.24. The lowest BCUT2D eigenvalue weighted by Crippen LogP contribution is -2.41. The van der Waals surface area contributed by atoms with Crippen LogP contribution in [0.1, 0.15) is 42.8 Å². The summed E-state index contributed by atoms with van der Waals surface area (Å²) in [7, 11) is 0. The van der Waals surface area contributed by atoms with E-state index in [4.69, 9.17) is 10.3 Å². The minimum absolute atomic E-state index is 0.196. The number of urea groups is 1. The molecule has 0 bridgehead atoms. The summed E-state index contributed by atoms with van der Waals surface area (Å²) in [5, 5.41) is 11.3. The average Bonchev–Trinajstić information content (AvgIpc) is 3.54. The molecular weight excluding hydrogens is 439 g/mol. The lowest BCUT2D eigenvalue weighted by atomic mass is 9.82. The Labute approximate surface area is 186 Å². The topological polar surface area (TPSA) is 115 Å². The van der Waals surface area contributed by atoms with Crippen LogP contribution in [0.5, 0.6) is 0 Å². The number of halogens is 3. The standard InChI is InChI=1S/C21H22F3N7O2/c1-12(15-2-7-33-29-15)27-19(32)30-5-3-20(11-30)4-6-31-17(20)9-16(28-31)13-8-14(21(22,23)24)18(25)26-10-13/h2,7-10,12H,3-6,11H2,1H3,(H2,25,26)(H,27,32). The van der Waals surface area contributed by atoms with Gasteiger partial charge in [0, 0.05) is 48.6 Å². The Hall–Kier alpha value is -3.57. The molecule has 5 rings (SSSR count). The van der Waals surface area contributed by atoms with E-state index in [1.807, 2.05) is 11.6 Å². The van der Waals surface area contributed by atoms with E-state index in [1.165, 1.54) is 12.5 Å². The molecule has 33 heavy (non-hydrogen) atoms. The Kier molecular flexibility index (Phi) is 4.83. The molecule has 3 aromatic rings. The molecule has 0 radical (unpaired) electrons. The Balaban J connectivity index is 1.35. The van der Waals surface area contributed by atoms with E-state index < -0.39 is 17.6 Å². The van der Waals surface area contributed by atoms with E-state index in [9.17, 15) is 18.0 Å². The van der Waals surface area contributed by atoms with Crippen LogP contribution in [0.25, 0.3) is 11.3 Å². The van der Waals surface area contributed by atoms with Gasteiger partial charge in [0.25, 0.3) is 0 Å². The van der Waals surface area contributed by atoms with E-state index in [0.29, 0.717) is 31.0 Å². The molecule has 2 amide bonds. The summed E-state index contributed by atoms with van der Waals surface area (Å²) in [4.78, 5) is 18.3. The Morgan fingerprint density at radius 2 is 2.09 bits per heavy atom. The molecule has 1 spiro atoms. The monoisotopic (exact) mass is 461 g/mol. The number of rotatable bonds is 3. The van der Waals surface area contributed by atoms with Crippen LogP contribution >= 0.6 is 0 Å². The summed E-state index contributed by atoms with van der Waals surface area (Å²) < 4.78 is 46.4. The van der Waals surface area contributed by atoms with Gasteiger partial charge in [-0.3, -0.25) is 4.68 Å². The molecule has 0 saturated carbocycles. The molecule has 1 fully saturated rings. The number of carbonyl (C=O) groups excluding carboxylic acids is 1. The molecule has 174 valence electrons. The second-order valence-electron chi connectivity index (χ2n) is 8.59. The number of hydrogen-bond acceptors (Lipinski definition) is 6. The van der Waals surface area contributed by atoms with E-state index in [1.54, 1.807) is 17.0 Å². The fourth-order valence-corrected chi connectivity index (χ4v) is 4.70. The van der Waals surface area contributed by atoms with Crippen molar-refractivity contribution in [2.75, 3.05) is 18.8 Å². The van der Waals surface area contributed by atoms with Crippen molar-refractivity contribution in [1.29, 1.82) is 0 Å². The van der Waals surface area contributed by atoms with Crippen LogP contribution in [-0.2, 0) is 18.1 Å². The maximum absolute atomic E-state index is 13.2. The average molecular weight is 461 g/mol. The molecule has 2 unspecified atom stereocenters. The number of nitrogens with two attached hydrogens (primary N) is 1. The summed E-state index contributed by atoms with van der Waals surface area (Å²) in [6, 6.07) is 3.99. The molecule has 2 aliphatic heterocycles. The Morgan fingerprint density at radius 1 is 1.30 bits per heavy atom. The van der Waals surface area contributed by atoms with Crippen LogP contribution in [0.15, 0.2) is 35.2 Å². The molecule has 2 atom stereocenters. The minimum atomic E-state index is -4.60. The fourth-order valence-electron chi connectivity index (χ4n) is 4.70. The van der Waals surface area contributed by atoms with Crippen LogP contribution in [0.3, 0.4) is 0 Å². The fraction of sp³-hybridized carbons (Fsp3) is 0.429. The molecule has 0 aliphatic carbocycles. The molecular formula is C21H22F3N7O2. The van der Waals surface area contributed by atoms with Crippen molar-refractivity contribution in [3.05, 3.63) is 47.6 Å². The number of anilines is 1. The highest BCUT2D eigenvalue weighted by Gasteiger charge is 2.47. The van der Waals surface area contributed by atoms with Gasteiger partial charge in [0.05, 0.1) is 17.3 Å². The number of hydrogen-bond donors (Lipinski definition) is 2. The van der Waals surface area contributed by atoms with Gasteiger partial charge in [-0.1, -0.05) is 5.16 Å². The second-order valence-corrected chi connectivity index (χ2v) is 8.59. The van der Waals surface area contributed by atoms with Gasteiger partial charge in [0.2, 0.25) is 0 Å². The number of nitrogen functional groups attached to an aromatic ring is 1. The molecule has 9 nitrogen and oxygen atoms in total. The third-order valence-electron chi connectivity index (χ3n) is 6.53. The van der Waals surface area contributed by atoms with Gasteiger partial charge in [-0.25, -0.2) is 9.78 Å². The molecule has 1 saturated heterocycles. The molecule has 12 heteroatoms. The normalized spacial score (nSPS) is 20.9. The predicted molar refractivity (Wildman–Crippen MR) is 111 cm³/mol. The highest BCUT2D eigenvalue weighted by Crippen LogP contribution is 2.44. The van der Waals surface area contributed by atoms with Crippen LogP contribution < -0.4 is 11.1 Å². The van der Waals surface area contributed by atoms with Crippen molar-refractivity contribution < 1.29 is 22.5 Å². The summed E-state index contributed by atoms with van der Waals surface area (Å²) in [6.07, 6.45) is -0.285. The zero-order valence-electron chi connectivity index (χ0n) is 17.8. The first-order valence-corrected chi connectivity index (χ1v) is 10.5. The van der Waals surface area contributed by atoms with Crippen molar-refractivity contribution in [3.63, 3.8) is 0 Å². The van der Waals surface area contributed by atoms with Crippen molar-refractivity contribution >= 4 is 11.8 Å².